The smallest absolute Gasteiger partial charge is 0.280 e. The van der Waals surface area contributed by atoms with E-state index in [-0.39, 0.29) is 10.3 Å². The van der Waals surface area contributed by atoms with Crippen molar-refractivity contribution in [2.75, 3.05) is 5.73 Å². The Bertz CT molecular complexity index is 281. The molecule has 2 N–H and O–H groups in total. The van der Waals surface area contributed by atoms with E-state index < -0.39 is 6.43 Å². The molecule has 0 aromatic carbocycles. The molecule has 0 amide bonds. The quantitative estimate of drug-likeness (QED) is 0.810. The standard InChI is InChI=1S/C6H4Br2F2N2/c7-2-1-3(6(9)10)12-5(8)4(2)11/h1,6H,11H2. The lowest BCUT2D eigenvalue weighted by Gasteiger charge is -2.04. The molecule has 1 heterocycles. The minimum Gasteiger partial charge on any atom is -0.396 e. The number of nitrogens with zero attached hydrogens (tertiary/aromatic N) is 1. The van der Waals surface area contributed by atoms with Crippen molar-refractivity contribution in [3.8, 4) is 0 Å². The van der Waals surface area contributed by atoms with Crippen LogP contribution in [0.25, 0.3) is 0 Å². The molecule has 2 nitrogen and oxygen atoms in total. The Balaban J connectivity index is 3.21. The van der Waals surface area contributed by atoms with Crippen molar-refractivity contribution >= 4 is 37.5 Å². The number of aromatic nitrogens is 1. The molecule has 0 bridgehead atoms. The van der Waals surface area contributed by atoms with Crippen molar-refractivity contribution in [2.24, 2.45) is 0 Å². The summed E-state index contributed by atoms with van der Waals surface area (Å²) in [6.45, 7) is 0. The minimum absolute atomic E-state index is 0.229. The van der Waals surface area contributed by atoms with E-state index >= 15 is 0 Å². The first-order valence-electron chi connectivity index (χ1n) is 2.92. The van der Waals surface area contributed by atoms with Gasteiger partial charge in [0.2, 0.25) is 0 Å². The molecule has 0 saturated heterocycles. The van der Waals surface area contributed by atoms with E-state index in [1.807, 2.05) is 0 Å². The summed E-state index contributed by atoms with van der Waals surface area (Å²) in [5, 5.41) is 0. The largest absolute Gasteiger partial charge is 0.396 e. The summed E-state index contributed by atoms with van der Waals surface area (Å²) in [4.78, 5) is 3.54. The average Bonchev–Trinajstić information content (AvgIpc) is 1.99. The van der Waals surface area contributed by atoms with Gasteiger partial charge in [-0.3, -0.25) is 0 Å². The van der Waals surface area contributed by atoms with Crippen molar-refractivity contribution < 1.29 is 8.78 Å². The summed E-state index contributed by atoms with van der Waals surface area (Å²) in [5.41, 5.74) is 5.47. The van der Waals surface area contributed by atoms with Gasteiger partial charge < -0.3 is 5.73 Å². The van der Waals surface area contributed by atoms with Crippen molar-refractivity contribution in [2.45, 2.75) is 6.43 Å². The highest BCUT2D eigenvalue weighted by Crippen LogP contribution is 2.30. The Morgan fingerprint density at radius 1 is 1.42 bits per heavy atom. The van der Waals surface area contributed by atoms with E-state index in [1.54, 1.807) is 0 Å². The molecule has 0 radical (unpaired) electrons. The normalized spacial score (nSPS) is 10.8. The molecule has 0 aliphatic rings. The Hall–Kier alpha value is -0.230. The Labute approximate surface area is 84.4 Å². The van der Waals surface area contributed by atoms with Gasteiger partial charge in [0.1, 0.15) is 10.3 Å². The molecule has 1 aromatic rings. The van der Waals surface area contributed by atoms with E-state index in [0.717, 1.165) is 0 Å². The molecule has 0 aliphatic heterocycles. The van der Waals surface area contributed by atoms with Crippen LogP contribution in [-0.2, 0) is 0 Å². The highest BCUT2D eigenvalue weighted by molar-refractivity contribution is 9.11. The summed E-state index contributed by atoms with van der Waals surface area (Å²) >= 11 is 6.00. The van der Waals surface area contributed by atoms with Crippen LogP contribution in [0.1, 0.15) is 12.1 Å². The van der Waals surface area contributed by atoms with Crippen LogP contribution < -0.4 is 5.73 Å². The Morgan fingerprint density at radius 2 is 2.00 bits per heavy atom. The summed E-state index contributed by atoms with van der Waals surface area (Å²) < 4.78 is 24.9. The predicted octanol–water partition coefficient (Wildman–Crippen LogP) is 3.13. The molecular weight excluding hydrogens is 298 g/mol. The first-order chi connectivity index (χ1) is 5.52. The molecule has 12 heavy (non-hydrogen) atoms. The maximum Gasteiger partial charge on any atom is 0.280 e. The van der Waals surface area contributed by atoms with Crippen LogP contribution in [-0.4, -0.2) is 4.98 Å². The Morgan fingerprint density at radius 3 is 2.42 bits per heavy atom. The second-order valence-electron chi connectivity index (χ2n) is 2.03. The highest BCUT2D eigenvalue weighted by atomic mass is 79.9. The topological polar surface area (TPSA) is 38.9 Å². The molecule has 1 rings (SSSR count). The number of hydrogen-bond acceptors (Lipinski definition) is 2. The van der Waals surface area contributed by atoms with Crippen LogP contribution in [0.15, 0.2) is 15.1 Å². The van der Waals surface area contributed by atoms with Crippen molar-refractivity contribution in [3.63, 3.8) is 0 Å². The molecule has 6 heteroatoms. The molecule has 0 unspecified atom stereocenters. The van der Waals surface area contributed by atoms with Gasteiger partial charge in [-0.15, -0.1) is 0 Å². The van der Waals surface area contributed by atoms with Gasteiger partial charge >= 0.3 is 0 Å². The summed E-state index contributed by atoms with van der Waals surface area (Å²) in [6.07, 6.45) is -2.58. The summed E-state index contributed by atoms with van der Waals surface area (Å²) in [7, 11) is 0. The van der Waals surface area contributed by atoms with Gasteiger partial charge in [0, 0.05) is 4.47 Å². The first-order valence-corrected chi connectivity index (χ1v) is 4.50. The van der Waals surface area contributed by atoms with Crippen LogP contribution in [0, 0.1) is 0 Å². The van der Waals surface area contributed by atoms with Gasteiger partial charge in [-0.25, -0.2) is 13.8 Å². The van der Waals surface area contributed by atoms with Gasteiger partial charge in [-0.1, -0.05) is 0 Å². The fourth-order valence-corrected chi connectivity index (χ4v) is 1.73. The highest BCUT2D eigenvalue weighted by Gasteiger charge is 2.12. The van der Waals surface area contributed by atoms with Crippen molar-refractivity contribution in [1.82, 2.24) is 4.98 Å². The molecule has 0 fully saturated rings. The third-order valence-corrected chi connectivity index (χ3v) is 2.47. The summed E-state index contributed by atoms with van der Waals surface area (Å²) in [5.74, 6) is 0. The number of anilines is 1. The van der Waals surface area contributed by atoms with Crippen molar-refractivity contribution in [3.05, 3.63) is 20.8 Å². The van der Waals surface area contributed by atoms with Crippen LogP contribution in [0.4, 0.5) is 14.5 Å². The van der Waals surface area contributed by atoms with E-state index in [9.17, 15) is 8.78 Å². The number of pyridine rings is 1. The fraction of sp³-hybridized carbons (Fsp3) is 0.167. The monoisotopic (exact) mass is 300 g/mol. The molecular formula is C6H4Br2F2N2. The number of hydrogen-bond donors (Lipinski definition) is 1. The van der Waals surface area contributed by atoms with Crippen molar-refractivity contribution in [1.29, 1.82) is 0 Å². The second kappa shape index (κ2) is 3.66. The molecule has 0 saturated carbocycles. The number of rotatable bonds is 1. The van der Waals surface area contributed by atoms with E-state index in [2.05, 4.69) is 36.8 Å². The lowest BCUT2D eigenvalue weighted by molar-refractivity contribution is 0.146. The molecule has 0 aliphatic carbocycles. The molecule has 0 spiro atoms. The fourth-order valence-electron chi connectivity index (χ4n) is 0.624. The average molecular weight is 302 g/mol. The summed E-state index contributed by atoms with van der Waals surface area (Å²) in [6, 6.07) is 1.20. The Kier molecular flexibility index (Phi) is 3.00. The number of halogens is 4. The lowest BCUT2D eigenvalue weighted by Crippen LogP contribution is -1.96. The maximum absolute atomic E-state index is 12.1. The van der Waals surface area contributed by atoms with Crippen LogP contribution in [0.2, 0.25) is 0 Å². The zero-order valence-electron chi connectivity index (χ0n) is 5.69. The zero-order valence-corrected chi connectivity index (χ0v) is 8.86. The van der Waals surface area contributed by atoms with Gasteiger partial charge in [0.25, 0.3) is 6.43 Å². The molecule has 1 aromatic heterocycles. The van der Waals surface area contributed by atoms with Gasteiger partial charge in [-0.2, -0.15) is 0 Å². The van der Waals surface area contributed by atoms with Crippen LogP contribution in [0.3, 0.4) is 0 Å². The molecule has 0 atom stereocenters. The van der Waals surface area contributed by atoms with Gasteiger partial charge in [0.15, 0.2) is 0 Å². The van der Waals surface area contributed by atoms with Gasteiger partial charge in [0.05, 0.1) is 5.69 Å². The number of nitrogens with two attached hydrogens (primary N) is 1. The minimum atomic E-state index is -2.58. The van der Waals surface area contributed by atoms with E-state index in [1.165, 1.54) is 6.07 Å². The predicted molar refractivity (Wildman–Crippen MR) is 49.0 cm³/mol. The lowest BCUT2D eigenvalue weighted by atomic mass is 10.3. The SMILES string of the molecule is Nc1c(Br)cc(C(F)F)nc1Br. The molecule has 66 valence electrons. The zero-order chi connectivity index (χ0) is 9.30. The first kappa shape index (κ1) is 9.85. The van der Waals surface area contributed by atoms with Crippen LogP contribution in [0.5, 0.6) is 0 Å². The maximum atomic E-state index is 12.1. The second-order valence-corrected chi connectivity index (χ2v) is 3.64. The number of nitrogen functional groups attached to an aromatic ring is 1. The van der Waals surface area contributed by atoms with E-state index in [0.29, 0.717) is 10.2 Å². The third-order valence-electron chi connectivity index (χ3n) is 1.20. The third kappa shape index (κ3) is 1.92. The number of alkyl halides is 2. The van der Waals surface area contributed by atoms with Crippen LogP contribution >= 0.6 is 31.9 Å². The van der Waals surface area contributed by atoms with Gasteiger partial charge in [-0.05, 0) is 37.9 Å². The van der Waals surface area contributed by atoms with E-state index in [4.69, 9.17) is 5.73 Å².